The van der Waals surface area contributed by atoms with Gasteiger partial charge in [0.25, 0.3) is 0 Å². The molecule has 0 bridgehead atoms. The number of morpholine rings is 1. The van der Waals surface area contributed by atoms with Crippen molar-refractivity contribution in [2.45, 2.75) is 44.4 Å². The average molecular weight is 371 g/mol. The third-order valence-electron chi connectivity index (χ3n) is 4.56. The molecule has 1 aromatic carbocycles. The second kappa shape index (κ2) is 9.85. The Hall–Kier alpha value is -1.50. The minimum atomic E-state index is -0.288. The second-order valence-electron chi connectivity index (χ2n) is 6.27. The first-order chi connectivity index (χ1) is 11.8. The molecule has 1 amide bonds. The van der Waals surface area contributed by atoms with Gasteiger partial charge in [-0.3, -0.25) is 4.79 Å². The summed E-state index contributed by atoms with van der Waals surface area (Å²) < 4.78 is 17.0. The zero-order valence-electron chi connectivity index (χ0n) is 14.6. The van der Waals surface area contributed by atoms with Crippen LogP contribution in [0.4, 0.5) is 0 Å². The molecular weight excluding hydrogens is 344 g/mol. The molecule has 25 heavy (non-hydrogen) atoms. The SMILES string of the molecule is COc1cccc(CNC(=O)C2COCCN2)c1OC1CCCC1.Cl. The summed E-state index contributed by atoms with van der Waals surface area (Å²) in [6.45, 7) is 2.18. The minimum absolute atomic E-state index is 0. The molecule has 1 unspecified atom stereocenters. The van der Waals surface area contributed by atoms with Crippen molar-refractivity contribution < 1.29 is 19.0 Å². The van der Waals surface area contributed by atoms with Crippen molar-refractivity contribution in [1.29, 1.82) is 0 Å². The Labute approximate surface area is 155 Å². The molecule has 0 radical (unpaired) electrons. The van der Waals surface area contributed by atoms with E-state index in [9.17, 15) is 4.79 Å². The maximum Gasteiger partial charge on any atom is 0.239 e. The van der Waals surface area contributed by atoms with E-state index in [0.717, 1.165) is 24.2 Å². The highest BCUT2D eigenvalue weighted by molar-refractivity contribution is 5.85. The van der Waals surface area contributed by atoms with Gasteiger partial charge < -0.3 is 24.8 Å². The van der Waals surface area contributed by atoms with Crippen LogP contribution in [0, 0.1) is 0 Å². The van der Waals surface area contributed by atoms with Gasteiger partial charge in [-0.05, 0) is 31.7 Å². The van der Waals surface area contributed by atoms with Gasteiger partial charge in [0.05, 0.1) is 26.4 Å². The number of benzene rings is 1. The smallest absolute Gasteiger partial charge is 0.239 e. The van der Waals surface area contributed by atoms with Gasteiger partial charge in [-0.15, -0.1) is 12.4 Å². The van der Waals surface area contributed by atoms with Crippen molar-refractivity contribution in [1.82, 2.24) is 10.6 Å². The number of halogens is 1. The number of para-hydroxylation sites is 1. The number of carbonyl (C=O) groups is 1. The Morgan fingerprint density at radius 2 is 2.16 bits per heavy atom. The van der Waals surface area contributed by atoms with Gasteiger partial charge in [-0.1, -0.05) is 12.1 Å². The molecule has 1 heterocycles. The van der Waals surface area contributed by atoms with E-state index in [2.05, 4.69) is 10.6 Å². The van der Waals surface area contributed by atoms with Crippen molar-refractivity contribution >= 4 is 18.3 Å². The van der Waals surface area contributed by atoms with E-state index in [-0.39, 0.29) is 30.5 Å². The number of nitrogens with one attached hydrogen (secondary N) is 2. The third-order valence-corrected chi connectivity index (χ3v) is 4.56. The Morgan fingerprint density at radius 1 is 1.36 bits per heavy atom. The van der Waals surface area contributed by atoms with E-state index >= 15 is 0 Å². The van der Waals surface area contributed by atoms with Crippen LogP contribution >= 0.6 is 12.4 Å². The van der Waals surface area contributed by atoms with Crippen molar-refractivity contribution in [3.05, 3.63) is 23.8 Å². The number of hydrogen-bond donors (Lipinski definition) is 2. The summed E-state index contributed by atoms with van der Waals surface area (Å²) in [5.74, 6) is 1.41. The largest absolute Gasteiger partial charge is 0.493 e. The topological polar surface area (TPSA) is 68.8 Å². The Bertz CT molecular complexity index is 558. The molecule has 0 aromatic heterocycles. The lowest BCUT2D eigenvalue weighted by Gasteiger charge is -2.23. The van der Waals surface area contributed by atoms with Crippen LogP contribution < -0.4 is 20.1 Å². The molecule has 2 fully saturated rings. The summed E-state index contributed by atoms with van der Waals surface area (Å²) in [4.78, 5) is 12.3. The predicted octanol–water partition coefficient (Wildman–Crippen LogP) is 2.04. The van der Waals surface area contributed by atoms with E-state index in [1.54, 1.807) is 7.11 Å². The lowest BCUT2D eigenvalue weighted by molar-refractivity contribution is -0.126. The highest BCUT2D eigenvalue weighted by Gasteiger charge is 2.23. The fraction of sp³-hybridized carbons (Fsp3) is 0.611. The number of methoxy groups -OCH3 is 1. The molecule has 1 saturated carbocycles. The third kappa shape index (κ3) is 5.23. The van der Waals surface area contributed by atoms with E-state index in [1.807, 2.05) is 18.2 Å². The van der Waals surface area contributed by atoms with Crippen LogP contribution in [0.3, 0.4) is 0 Å². The highest BCUT2D eigenvalue weighted by Crippen LogP contribution is 2.34. The molecule has 1 aliphatic heterocycles. The number of amides is 1. The predicted molar refractivity (Wildman–Crippen MR) is 97.6 cm³/mol. The van der Waals surface area contributed by atoms with Gasteiger partial charge in [0.1, 0.15) is 6.04 Å². The monoisotopic (exact) mass is 370 g/mol. The van der Waals surface area contributed by atoms with Gasteiger partial charge in [-0.25, -0.2) is 0 Å². The van der Waals surface area contributed by atoms with E-state index in [4.69, 9.17) is 14.2 Å². The standard InChI is InChI=1S/C18H26N2O4.ClH/c1-22-16-8-4-5-13(17(16)24-14-6-2-3-7-14)11-20-18(21)15-12-23-10-9-19-15;/h4-5,8,14-15,19H,2-3,6-7,9-12H2,1H3,(H,20,21);1H. The van der Waals surface area contributed by atoms with E-state index in [1.165, 1.54) is 12.8 Å². The van der Waals surface area contributed by atoms with Crippen LogP contribution in [-0.2, 0) is 16.1 Å². The summed E-state index contributed by atoms with van der Waals surface area (Å²) in [7, 11) is 1.64. The maximum absolute atomic E-state index is 12.3. The first kappa shape index (κ1) is 19.8. The molecule has 7 heteroatoms. The molecule has 1 aliphatic carbocycles. The van der Waals surface area contributed by atoms with Crippen LogP contribution in [0.2, 0.25) is 0 Å². The molecule has 1 aromatic rings. The Kier molecular flexibility index (Phi) is 7.81. The first-order valence-corrected chi connectivity index (χ1v) is 8.69. The minimum Gasteiger partial charge on any atom is -0.493 e. The molecule has 0 spiro atoms. The van der Waals surface area contributed by atoms with Crippen molar-refractivity contribution in [2.75, 3.05) is 26.9 Å². The second-order valence-corrected chi connectivity index (χ2v) is 6.27. The zero-order chi connectivity index (χ0) is 16.8. The molecule has 1 atom stereocenters. The average Bonchev–Trinajstić information content (AvgIpc) is 3.14. The van der Waals surface area contributed by atoms with E-state index in [0.29, 0.717) is 32.1 Å². The molecule has 3 rings (SSSR count). The van der Waals surface area contributed by atoms with Gasteiger partial charge in [0.15, 0.2) is 11.5 Å². The van der Waals surface area contributed by atoms with Crippen molar-refractivity contribution in [3.63, 3.8) is 0 Å². The van der Waals surface area contributed by atoms with Crippen molar-refractivity contribution in [2.24, 2.45) is 0 Å². The Morgan fingerprint density at radius 3 is 2.84 bits per heavy atom. The summed E-state index contributed by atoms with van der Waals surface area (Å²) in [5.41, 5.74) is 0.936. The van der Waals surface area contributed by atoms with Gasteiger partial charge in [-0.2, -0.15) is 0 Å². The van der Waals surface area contributed by atoms with Crippen LogP contribution in [0.15, 0.2) is 18.2 Å². The van der Waals surface area contributed by atoms with Crippen LogP contribution in [0.5, 0.6) is 11.5 Å². The fourth-order valence-electron chi connectivity index (χ4n) is 3.21. The first-order valence-electron chi connectivity index (χ1n) is 8.69. The number of ether oxygens (including phenoxy) is 3. The number of rotatable bonds is 6. The van der Waals surface area contributed by atoms with Gasteiger partial charge in [0.2, 0.25) is 5.91 Å². The molecule has 6 nitrogen and oxygen atoms in total. The summed E-state index contributed by atoms with van der Waals surface area (Å²) >= 11 is 0. The number of carbonyl (C=O) groups excluding carboxylic acids is 1. The molecule has 2 aliphatic rings. The highest BCUT2D eigenvalue weighted by atomic mass is 35.5. The Balaban J connectivity index is 0.00000225. The lowest BCUT2D eigenvalue weighted by Crippen LogP contribution is -2.51. The summed E-state index contributed by atoms with van der Waals surface area (Å²) in [5, 5.41) is 6.13. The lowest BCUT2D eigenvalue weighted by atomic mass is 10.1. The van der Waals surface area contributed by atoms with Crippen LogP contribution in [0.25, 0.3) is 0 Å². The molecule has 140 valence electrons. The van der Waals surface area contributed by atoms with Crippen LogP contribution in [0.1, 0.15) is 31.2 Å². The van der Waals surface area contributed by atoms with Crippen LogP contribution in [-0.4, -0.2) is 44.9 Å². The quantitative estimate of drug-likeness (QED) is 0.802. The van der Waals surface area contributed by atoms with Gasteiger partial charge >= 0.3 is 0 Å². The summed E-state index contributed by atoms with van der Waals surface area (Å²) in [6, 6.07) is 5.50. The zero-order valence-corrected chi connectivity index (χ0v) is 15.4. The maximum atomic E-state index is 12.3. The van der Waals surface area contributed by atoms with Gasteiger partial charge in [0, 0.05) is 18.7 Å². The molecule has 2 N–H and O–H groups in total. The van der Waals surface area contributed by atoms with Crippen molar-refractivity contribution in [3.8, 4) is 11.5 Å². The normalized spacial score (nSPS) is 20.6. The number of hydrogen-bond acceptors (Lipinski definition) is 5. The summed E-state index contributed by atoms with van der Waals surface area (Å²) in [6.07, 6.45) is 4.81. The molecular formula is C18H27ClN2O4. The molecule has 1 saturated heterocycles. The van der Waals surface area contributed by atoms with E-state index < -0.39 is 0 Å². The fourth-order valence-corrected chi connectivity index (χ4v) is 3.21.